The summed E-state index contributed by atoms with van der Waals surface area (Å²) >= 11 is 1.60. The summed E-state index contributed by atoms with van der Waals surface area (Å²) < 4.78 is 20.5. The van der Waals surface area contributed by atoms with Crippen molar-refractivity contribution in [3.8, 4) is 21.9 Å². The predicted molar refractivity (Wildman–Crippen MR) is 151 cm³/mol. The van der Waals surface area contributed by atoms with Gasteiger partial charge in [-0.05, 0) is 61.6 Å². The molecule has 200 valence electrons. The van der Waals surface area contributed by atoms with Crippen molar-refractivity contribution in [3.63, 3.8) is 0 Å². The first-order valence-corrected chi connectivity index (χ1v) is 13.6. The van der Waals surface area contributed by atoms with Crippen LogP contribution in [0.2, 0.25) is 0 Å². The third kappa shape index (κ3) is 5.51. The van der Waals surface area contributed by atoms with Crippen molar-refractivity contribution in [2.45, 2.75) is 46.6 Å². The number of pyridine rings is 2. The Hall–Kier alpha value is -4.18. The van der Waals surface area contributed by atoms with Crippen molar-refractivity contribution >= 4 is 33.7 Å². The molecule has 39 heavy (non-hydrogen) atoms. The van der Waals surface area contributed by atoms with Crippen LogP contribution in [-0.4, -0.2) is 38.0 Å². The number of carbonyl (C=O) groups excluding carboxylic acids is 1. The van der Waals surface area contributed by atoms with Crippen LogP contribution < -0.4 is 5.73 Å². The molecule has 0 saturated heterocycles. The molecule has 2 N–H and O–H groups in total. The number of nitrogens with two attached hydrogens (primary N) is 1. The van der Waals surface area contributed by atoms with Crippen LogP contribution in [0.1, 0.15) is 41.8 Å². The van der Waals surface area contributed by atoms with Crippen molar-refractivity contribution in [2.24, 2.45) is 0 Å². The number of fused-ring (bicyclic) bond motifs is 1. The van der Waals surface area contributed by atoms with E-state index in [0.717, 1.165) is 61.4 Å². The maximum Gasteiger partial charge on any atom is 0.250 e. The number of nitrogens with zero attached hydrogens (tertiary/aromatic N) is 5. The van der Waals surface area contributed by atoms with Gasteiger partial charge in [0.2, 0.25) is 18.2 Å². The Bertz CT molecular complexity index is 1630. The summed E-state index contributed by atoms with van der Waals surface area (Å²) in [5.74, 6) is 1.01. The summed E-state index contributed by atoms with van der Waals surface area (Å²) in [7, 11) is 0. The van der Waals surface area contributed by atoms with E-state index in [1.54, 1.807) is 41.5 Å². The third-order valence-corrected chi connectivity index (χ3v) is 7.77. The molecule has 10 heteroatoms. The number of thiophene rings is 1. The minimum absolute atomic E-state index is 0.276. The molecule has 0 aliphatic rings. The molecule has 0 bridgehead atoms. The van der Waals surface area contributed by atoms with Gasteiger partial charge in [-0.2, -0.15) is 0 Å². The fourth-order valence-corrected chi connectivity index (χ4v) is 5.89. The van der Waals surface area contributed by atoms with Gasteiger partial charge in [0, 0.05) is 40.2 Å². The number of hydrogen-bond acceptors (Lipinski definition) is 8. The highest BCUT2D eigenvalue weighted by atomic mass is 32.1. The Morgan fingerprint density at radius 2 is 1.87 bits per heavy atom. The number of hydrogen-bond donors (Lipinski definition) is 1. The number of carbonyl (C=O) groups is 1. The van der Waals surface area contributed by atoms with Gasteiger partial charge < -0.3 is 15.1 Å². The molecule has 0 aliphatic carbocycles. The highest BCUT2D eigenvalue weighted by molar-refractivity contribution is 7.22. The minimum atomic E-state index is -0.276. The third-order valence-electron chi connectivity index (χ3n) is 6.66. The van der Waals surface area contributed by atoms with E-state index >= 15 is 0 Å². The summed E-state index contributed by atoms with van der Waals surface area (Å²) in [6.07, 6.45) is 4.58. The standard InChI is InChI=1S/C29H29FN6O2S/c1-4-13-36(16-37)15-23-17(2)26(25-14-21-24(39-25)11-12-32-28(21)31)27(29-35-34-18(3)38-29)22(33-23)10-7-19-5-8-20(30)9-6-19/h5-6,8-9,11-12,14,16H,4,7,10,13,15H2,1-3H3,(H2,31,32). The SMILES string of the molecule is CCCN(C=O)Cc1nc(CCc2ccc(F)cc2)c(-c2nnc(C)o2)c(-c2cc3c(N)nccc3s2)c1C. The highest BCUT2D eigenvalue weighted by Gasteiger charge is 2.26. The van der Waals surface area contributed by atoms with Crippen LogP contribution in [-0.2, 0) is 24.2 Å². The number of aromatic nitrogens is 4. The Morgan fingerprint density at radius 3 is 2.54 bits per heavy atom. The van der Waals surface area contributed by atoms with Crippen LogP contribution in [0, 0.1) is 19.7 Å². The second-order valence-corrected chi connectivity index (χ2v) is 10.5. The van der Waals surface area contributed by atoms with Crippen LogP contribution in [0.15, 0.2) is 47.0 Å². The molecule has 0 spiro atoms. The summed E-state index contributed by atoms with van der Waals surface area (Å²) in [5.41, 5.74) is 11.3. The maximum atomic E-state index is 13.5. The number of anilines is 1. The lowest BCUT2D eigenvalue weighted by Crippen LogP contribution is -2.24. The zero-order valence-corrected chi connectivity index (χ0v) is 22.9. The largest absolute Gasteiger partial charge is 0.421 e. The molecular formula is C29H29FN6O2S. The molecule has 0 aliphatic heterocycles. The van der Waals surface area contributed by atoms with Crippen LogP contribution in [0.3, 0.4) is 0 Å². The van der Waals surface area contributed by atoms with Crippen molar-refractivity contribution < 1.29 is 13.6 Å². The first-order valence-electron chi connectivity index (χ1n) is 12.8. The lowest BCUT2D eigenvalue weighted by molar-refractivity contribution is -0.118. The van der Waals surface area contributed by atoms with Gasteiger partial charge in [0.1, 0.15) is 11.6 Å². The van der Waals surface area contributed by atoms with Crippen LogP contribution in [0.4, 0.5) is 10.2 Å². The van der Waals surface area contributed by atoms with E-state index in [-0.39, 0.29) is 5.82 Å². The van der Waals surface area contributed by atoms with Crippen LogP contribution >= 0.6 is 11.3 Å². The molecule has 4 aromatic heterocycles. The van der Waals surface area contributed by atoms with Gasteiger partial charge >= 0.3 is 0 Å². The Labute approximate surface area is 229 Å². The fraction of sp³-hybridized carbons (Fsp3) is 0.276. The normalized spacial score (nSPS) is 11.3. The monoisotopic (exact) mass is 544 g/mol. The van der Waals surface area contributed by atoms with Gasteiger partial charge in [-0.1, -0.05) is 19.1 Å². The van der Waals surface area contributed by atoms with Crippen molar-refractivity contribution in [1.29, 1.82) is 0 Å². The Morgan fingerprint density at radius 1 is 1.08 bits per heavy atom. The second-order valence-electron chi connectivity index (χ2n) is 9.43. The van der Waals surface area contributed by atoms with Crippen molar-refractivity contribution in [2.75, 3.05) is 12.3 Å². The van der Waals surface area contributed by atoms with E-state index in [1.165, 1.54) is 12.1 Å². The smallest absolute Gasteiger partial charge is 0.250 e. The summed E-state index contributed by atoms with van der Waals surface area (Å²) in [6.45, 7) is 6.79. The number of halogens is 1. The fourth-order valence-electron chi connectivity index (χ4n) is 4.72. The highest BCUT2D eigenvalue weighted by Crippen LogP contribution is 2.43. The lowest BCUT2D eigenvalue weighted by atomic mass is 9.94. The Kier molecular flexibility index (Phi) is 7.65. The van der Waals surface area contributed by atoms with Gasteiger partial charge in [-0.25, -0.2) is 9.37 Å². The molecular weight excluding hydrogens is 515 g/mol. The van der Waals surface area contributed by atoms with Crippen molar-refractivity contribution in [3.05, 3.63) is 76.8 Å². The molecule has 5 rings (SSSR count). The molecule has 5 aromatic rings. The molecule has 0 fully saturated rings. The topological polar surface area (TPSA) is 111 Å². The number of nitrogen functional groups attached to an aromatic ring is 1. The molecule has 0 atom stereocenters. The quantitative estimate of drug-likeness (QED) is 0.218. The predicted octanol–water partition coefficient (Wildman–Crippen LogP) is 5.90. The Balaban J connectivity index is 1.73. The van der Waals surface area contributed by atoms with Crippen LogP contribution in [0.25, 0.3) is 32.0 Å². The average Bonchev–Trinajstić information content (AvgIpc) is 3.56. The van der Waals surface area contributed by atoms with E-state index < -0.39 is 0 Å². The summed E-state index contributed by atoms with van der Waals surface area (Å²) in [6, 6.07) is 10.4. The second kappa shape index (κ2) is 11.3. The van der Waals surface area contributed by atoms with E-state index in [1.807, 2.05) is 26.0 Å². The molecule has 0 saturated carbocycles. The molecule has 1 amide bonds. The van der Waals surface area contributed by atoms with E-state index in [2.05, 4.69) is 15.2 Å². The minimum Gasteiger partial charge on any atom is -0.421 e. The summed E-state index contributed by atoms with van der Waals surface area (Å²) in [5, 5.41) is 9.34. The molecule has 0 radical (unpaired) electrons. The van der Waals surface area contributed by atoms with Gasteiger partial charge in [-0.3, -0.25) is 9.78 Å². The van der Waals surface area contributed by atoms with Gasteiger partial charge in [0.25, 0.3) is 0 Å². The van der Waals surface area contributed by atoms with Gasteiger partial charge in [0.15, 0.2) is 0 Å². The first kappa shape index (κ1) is 26.4. The van der Waals surface area contributed by atoms with Gasteiger partial charge in [-0.15, -0.1) is 21.5 Å². The molecule has 0 unspecified atom stereocenters. The van der Waals surface area contributed by atoms with E-state index in [0.29, 0.717) is 43.5 Å². The molecule has 8 nitrogen and oxygen atoms in total. The average molecular weight is 545 g/mol. The zero-order chi connectivity index (χ0) is 27.5. The zero-order valence-electron chi connectivity index (χ0n) is 22.1. The van der Waals surface area contributed by atoms with E-state index in [4.69, 9.17) is 15.1 Å². The number of amides is 1. The molecule has 4 heterocycles. The number of benzene rings is 1. The summed E-state index contributed by atoms with van der Waals surface area (Å²) in [4.78, 5) is 23.9. The van der Waals surface area contributed by atoms with Gasteiger partial charge in [0.05, 0.1) is 23.5 Å². The maximum absolute atomic E-state index is 13.5. The number of rotatable bonds is 10. The van der Waals surface area contributed by atoms with Crippen molar-refractivity contribution in [1.82, 2.24) is 25.1 Å². The first-order chi connectivity index (χ1) is 18.9. The molecule has 1 aromatic carbocycles. The van der Waals surface area contributed by atoms with Crippen LogP contribution in [0.5, 0.6) is 0 Å². The van der Waals surface area contributed by atoms with E-state index in [9.17, 15) is 9.18 Å². The number of aryl methyl sites for hydroxylation is 3. The lowest BCUT2D eigenvalue weighted by Gasteiger charge is -2.21.